The lowest BCUT2D eigenvalue weighted by atomic mass is 10.0. The zero-order valence-electron chi connectivity index (χ0n) is 9.75. The first kappa shape index (κ1) is 13.7. The average molecular weight is 249 g/mol. The molecule has 0 radical (unpaired) electrons. The van der Waals surface area contributed by atoms with Crippen molar-refractivity contribution in [1.82, 2.24) is 10.6 Å². The van der Waals surface area contributed by atoms with Gasteiger partial charge in [-0.1, -0.05) is 0 Å². The van der Waals surface area contributed by atoms with Gasteiger partial charge in [-0.25, -0.2) is 0 Å². The molecule has 2 N–H and O–H groups in total. The number of carbonyl (C=O) groups excluding carboxylic acids is 1. The van der Waals surface area contributed by atoms with Gasteiger partial charge in [0.25, 0.3) is 0 Å². The number of ether oxygens (including phenoxy) is 1. The van der Waals surface area contributed by atoms with Crippen molar-refractivity contribution >= 4 is 18.3 Å². The fourth-order valence-electron chi connectivity index (χ4n) is 2.27. The van der Waals surface area contributed by atoms with Crippen LogP contribution in [0.3, 0.4) is 0 Å². The first-order chi connectivity index (χ1) is 7.20. The molecule has 0 aromatic carbocycles. The summed E-state index contributed by atoms with van der Waals surface area (Å²) in [5.41, 5.74) is -0.123. The maximum Gasteiger partial charge on any atom is 0.224 e. The number of hydrogen-bond acceptors (Lipinski definition) is 3. The molecule has 2 fully saturated rings. The van der Waals surface area contributed by atoms with E-state index in [9.17, 15) is 4.79 Å². The van der Waals surface area contributed by atoms with E-state index in [1.165, 1.54) is 0 Å². The maximum atomic E-state index is 11.7. The molecule has 2 saturated heterocycles. The van der Waals surface area contributed by atoms with Crippen LogP contribution < -0.4 is 10.6 Å². The predicted octanol–water partition coefficient (Wildman–Crippen LogP) is 0.703. The van der Waals surface area contributed by atoms with Crippen LogP contribution in [0, 0.1) is 5.92 Å². The van der Waals surface area contributed by atoms with Gasteiger partial charge in [-0.2, -0.15) is 0 Å². The van der Waals surface area contributed by atoms with E-state index in [1.807, 2.05) is 0 Å². The molecule has 2 rings (SSSR count). The fourth-order valence-corrected chi connectivity index (χ4v) is 2.27. The zero-order valence-corrected chi connectivity index (χ0v) is 10.6. The van der Waals surface area contributed by atoms with Crippen molar-refractivity contribution < 1.29 is 9.53 Å². The molecule has 1 unspecified atom stereocenters. The van der Waals surface area contributed by atoms with Crippen LogP contribution in [0.25, 0.3) is 0 Å². The number of nitrogens with one attached hydrogen (secondary N) is 2. The monoisotopic (exact) mass is 248 g/mol. The third-order valence-corrected chi connectivity index (χ3v) is 3.37. The van der Waals surface area contributed by atoms with Crippen LogP contribution in [0.15, 0.2) is 0 Å². The highest BCUT2D eigenvalue weighted by Crippen LogP contribution is 2.24. The van der Waals surface area contributed by atoms with Crippen LogP contribution in [0.2, 0.25) is 0 Å². The molecule has 0 aromatic rings. The van der Waals surface area contributed by atoms with Gasteiger partial charge in [-0.15, -0.1) is 12.4 Å². The van der Waals surface area contributed by atoms with Crippen LogP contribution in [0.1, 0.15) is 26.2 Å². The summed E-state index contributed by atoms with van der Waals surface area (Å²) in [5.74, 6) is 0.340. The molecule has 4 nitrogen and oxygen atoms in total. The number of carbonyl (C=O) groups is 1. The van der Waals surface area contributed by atoms with Crippen LogP contribution in [0.4, 0.5) is 0 Å². The minimum atomic E-state index is -0.123. The molecule has 0 aliphatic carbocycles. The molecular weight excluding hydrogens is 228 g/mol. The molecule has 2 aliphatic heterocycles. The molecule has 0 saturated carbocycles. The van der Waals surface area contributed by atoms with Gasteiger partial charge in [0.15, 0.2) is 0 Å². The molecule has 0 bridgehead atoms. The highest BCUT2D eigenvalue weighted by atomic mass is 35.5. The molecule has 0 spiro atoms. The quantitative estimate of drug-likeness (QED) is 0.773. The van der Waals surface area contributed by atoms with Gasteiger partial charge in [0.05, 0.1) is 11.5 Å². The lowest BCUT2D eigenvalue weighted by Crippen LogP contribution is -2.42. The summed E-state index contributed by atoms with van der Waals surface area (Å²) in [4.78, 5) is 11.7. The minimum absolute atomic E-state index is 0. The predicted molar refractivity (Wildman–Crippen MR) is 64.8 cm³/mol. The van der Waals surface area contributed by atoms with E-state index >= 15 is 0 Å². The summed E-state index contributed by atoms with van der Waals surface area (Å²) >= 11 is 0. The van der Waals surface area contributed by atoms with Crippen molar-refractivity contribution in [3.05, 3.63) is 0 Å². The van der Waals surface area contributed by atoms with E-state index in [2.05, 4.69) is 17.6 Å². The Hall–Kier alpha value is -0.320. The van der Waals surface area contributed by atoms with Crippen molar-refractivity contribution in [3.8, 4) is 0 Å². The fraction of sp³-hybridized carbons (Fsp3) is 0.909. The molecule has 2 heterocycles. The zero-order chi connectivity index (χ0) is 10.7. The summed E-state index contributed by atoms with van der Waals surface area (Å²) < 4.78 is 5.62. The largest absolute Gasteiger partial charge is 0.373 e. The van der Waals surface area contributed by atoms with Crippen molar-refractivity contribution in [2.24, 2.45) is 5.92 Å². The molecule has 5 heteroatoms. The molecule has 0 aromatic heterocycles. The molecule has 16 heavy (non-hydrogen) atoms. The first-order valence-corrected chi connectivity index (χ1v) is 5.82. The van der Waals surface area contributed by atoms with Gasteiger partial charge in [-0.3, -0.25) is 4.79 Å². The van der Waals surface area contributed by atoms with Crippen LogP contribution in [-0.2, 0) is 9.53 Å². The van der Waals surface area contributed by atoms with Gasteiger partial charge in [0.1, 0.15) is 0 Å². The van der Waals surface area contributed by atoms with E-state index in [0.717, 1.165) is 39.0 Å². The minimum Gasteiger partial charge on any atom is -0.373 e. The number of halogens is 1. The molecular formula is C11H21ClN2O2. The summed E-state index contributed by atoms with van der Waals surface area (Å²) in [6, 6.07) is 0. The highest BCUT2D eigenvalue weighted by molar-refractivity contribution is 5.85. The second kappa shape index (κ2) is 5.84. The molecule has 1 amide bonds. The lowest BCUT2D eigenvalue weighted by Gasteiger charge is -2.24. The first-order valence-electron chi connectivity index (χ1n) is 5.82. The average Bonchev–Trinajstić information content (AvgIpc) is 2.85. The van der Waals surface area contributed by atoms with Crippen molar-refractivity contribution in [3.63, 3.8) is 0 Å². The topological polar surface area (TPSA) is 50.4 Å². The maximum absolute atomic E-state index is 11.7. The van der Waals surface area contributed by atoms with Gasteiger partial charge in [0, 0.05) is 19.7 Å². The van der Waals surface area contributed by atoms with E-state index in [0.29, 0.717) is 6.54 Å². The second-order valence-electron chi connectivity index (χ2n) is 4.81. The standard InChI is InChI=1S/C11H20N2O2.ClH/c1-11(4-2-6-15-11)8-13-10(14)9-3-5-12-7-9;/h9,12H,2-8H2,1H3,(H,13,14);1H/t9-,11?;/m1./s1. The van der Waals surface area contributed by atoms with Gasteiger partial charge in [-0.05, 0) is 32.7 Å². The lowest BCUT2D eigenvalue weighted by molar-refractivity contribution is -0.125. The van der Waals surface area contributed by atoms with Gasteiger partial charge >= 0.3 is 0 Å². The Morgan fingerprint density at radius 1 is 1.62 bits per heavy atom. The molecule has 2 aliphatic rings. The van der Waals surface area contributed by atoms with Gasteiger partial charge < -0.3 is 15.4 Å². The summed E-state index contributed by atoms with van der Waals surface area (Å²) in [6.07, 6.45) is 3.12. The summed E-state index contributed by atoms with van der Waals surface area (Å²) in [5, 5.41) is 6.20. The van der Waals surface area contributed by atoms with Crippen LogP contribution in [-0.4, -0.2) is 37.7 Å². The smallest absolute Gasteiger partial charge is 0.224 e. The normalized spacial score (nSPS) is 33.4. The number of amides is 1. The van der Waals surface area contributed by atoms with E-state index in [4.69, 9.17) is 4.74 Å². The van der Waals surface area contributed by atoms with Crippen molar-refractivity contribution in [1.29, 1.82) is 0 Å². The Balaban J connectivity index is 0.00000128. The summed E-state index contributed by atoms with van der Waals surface area (Å²) in [6.45, 7) is 5.35. The third-order valence-electron chi connectivity index (χ3n) is 3.37. The van der Waals surface area contributed by atoms with E-state index < -0.39 is 0 Å². The highest BCUT2D eigenvalue weighted by Gasteiger charge is 2.31. The SMILES string of the molecule is CC1(CNC(=O)[C@@H]2CCNC2)CCCO1.Cl. The Kier molecular flexibility index (Phi) is 5.02. The van der Waals surface area contributed by atoms with Crippen molar-refractivity contribution in [2.75, 3.05) is 26.2 Å². The Labute approximate surface area is 103 Å². The van der Waals surface area contributed by atoms with E-state index in [1.54, 1.807) is 0 Å². The third kappa shape index (κ3) is 3.34. The Bertz CT molecular complexity index is 236. The Morgan fingerprint density at radius 3 is 3.00 bits per heavy atom. The molecule has 94 valence electrons. The second-order valence-corrected chi connectivity index (χ2v) is 4.81. The summed E-state index contributed by atoms with van der Waals surface area (Å²) in [7, 11) is 0. The number of hydrogen-bond donors (Lipinski definition) is 2. The molecule has 2 atom stereocenters. The number of rotatable bonds is 3. The van der Waals surface area contributed by atoms with Crippen molar-refractivity contribution in [2.45, 2.75) is 31.8 Å². The Morgan fingerprint density at radius 2 is 2.44 bits per heavy atom. The van der Waals surface area contributed by atoms with Crippen LogP contribution >= 0.6 is 12.4 Å². The van der Waals surface area contributed by atoms with E-state index in [-0.39, 0.29) is 29.8 Å². The van der Waals surface area contributed by atoms with Gasteiger partial charge in [0.2, 0.25) is 5.91 Å². The van der Waals surface area contributed by atoms with Crippen LogP contribution in [0.5, 0.6) is 0 Å².